The molecule has 0 radical (unpaired) electrons. The zero-order valence-electron chi connectivity index (χ0n) is 20.4. The summed E-state index contributed by atoms with van der Waals surface area (Å²) in [7, 11) is 1.69. The number of rotatable bonds is 8. The number of halogens is 2. The fourth-order valence-electron chi connectivity index (χ4n) is 3.86. The number of hydrogen-bond acceptors (Lipinski definition) is 6. The molecule has 0 atom stereocenters. The number of benzene rings is 3. The lowest BCUT2D eigenvalue weighted by atomic mass is 10.0. The molecule has 186 valence electrons. The first-order valence-electron chi connectivity index (χ1n) is 11.4. The van der Waals surface area contributed by atoms with Crippen molar-refractivity contribution in [3.05, 3.63) is 99.2 Å². The summed E-state index contributed by atoms with van der Waals surface area (Å²) < 4.78 is 11.8. The van der Waals surface area contributed by atoms with Crippen LogP contribution >= 0.6 is 23.2 Å². The fraction of sp³-hybridized carbons (Fsp3) is 0.214. The van der Waals surface area contributed by atoms with Gasteiger partial charge in [-0.2, -0.15) is 0 Å². The Morgan fingerprint density at radius 2 is 1.72 bits per heavy atom. The van der Waals surface area contributed by atoms with Crippen molar-refractivity contribution in [2.24, 2.45) is 0 Å². The van der Waals surface area contributed by atoms with Crippen molar-refractivity contribution < 1.29 is 18.9 Å². The molecule has 36 heavy (non-hydrogen) atoms. The standard InChI is InChI=1S/C28H26Cl2N2O4/c1-17(2)27-21(26(31-35-27)25-22(29)11-8-12-23(25)30)16-34-20-13-14-24(18(3)15-20)32(4)36-28(33)19-9-6-5-7-10-19/h5-15,17H,16H2,1-4H3. The number of nitrogens with zero attached hydrogens (tertiary/aromatic N) is 2. The number of aryl methyl sites for hydroxylation is 1. The van der Waals surface area contributed by atoms with Gasteiger partial charge in [-0.1, -0.05) is 66.5 Å². The quantitative estimate of drug-likeness (QED) is 0.218. The first kappa shape index (κ1) is 25.6. The molecule has 8 heteroatoms. The highest BCUT2D eigenvalue weighted by Crippen LogP contribution is 2.39. The third-order valence-electron chi connectivity index (χ3n) is 5.66. The van der Waals surface area contributed by atoms with Gasteiger partial charge in [-0.3, -0.25) is 0 Å². The van der Waals surface area contributed by atoms with Crippen LogP contribution in [0.5, 0.6) is 5.75 Å². The number of hydroxylamine groups is 1. The summed E-state index contributed by atoms with van der Waals surface area (Å²) >= 11 is 12.9. The van der Waals surface area contributed by atoms with Crippen LogP contribution < -0.4 is 9.80 Å². The van der Waals surface area contributed by atoms with Crippen LogP contribution in [0.4, 0.5) is 5.69 Å². The molecule has 3 aromatic carbocycles. The van der Waals surface area contributed by atoms with Gasteiger partial charge >= 0.3 is 5.97 Å². The molecule has 0 fully saturated rings. The largest absolute Gasteiger partial charge is 0.489 e. The topological polar surface area (TPSA) is 64.8 Å². The second-order valence-corrected chi connectivity index (χ2v) is 9.42. The van der Waals surface area contributed by atoms with Gasteiger partial charge in [0.05, 0.1) is 26.9 Å². The van der Waals surface area contributed by atoms with Gasteiger partial charge in [-0.05, 0) is 55.0 Å². The van der Waals surface area contributed by atoms with E-state index in [1.165, 1.54) is 5.06 Å². The minimum atomic E-state index is -0.433. The maximum Gasteiger partial charge on any atom is 0.363 e. The van der Waals surface area contributed by atoms with Crippen LogP contribution in [0, 0.1) is 6.92 Å². The summed E-state index contributed by atoms with van der Waals surface area (Å²) in [5.41, 5.74) is 4.06. The number of carbonyl (C=O) groups is 1. The van der Waals surface area contributed by atoms with Crippen LogP contribution in [0.25, 0.3) is 11.3 Å². The Morgan fingerprint density at radius 3 is 2.36 bits per heavy atom. The maximum atomic E-state index is 12.4. The summed E-state index contributed by atoms with van der Waals surface area (Å²) in [4.78, 5) is 17.9. The molecule has 4 rings (SSSR count). The Labute approximate surface area is 220 Å². The molecule has 0 aliphatic carbocycles. The van der Waals surface area contributed by atoms with Gasteiger partial charge in [0.1, 0.15) is 23.8 Å². The SMILES string of the molecule is Cc1cc(OCc2c(-c3c(Cl)cccc3Cl)noc2C(C)C)ccc1N(C)OC(=O)c1ccccc1. The minimum Gasteiger partial charge on any atom is -0.489 e. The van der Waals surface area contributed by atoms with E-state index in [2.05, 4.69) is 5.16 Å². The zero-order chi connectivity index (χ0) is 25.8. The highest BCUT2D eigenvalue weighted by molar-refractivity contribution is 6.39. The Hall–Kier alpha value is -3.48. The smallest absolute Gasteiger partial charge is 0.363 e. The molecule has 0 N–H and O–H groups in total. The molecule has 0 amide bonds. The first-order valence-corrected chi connectivity index (χ1v) is 12.2. The predicted octanol–water partition coefficient (Wildman–Crippen LogP) is 7.87. The lowest BCUT2D eigenvalue weighted by Crippen LogP contribution is -2.23. The summed E-state index contributed by atoms with van der Waals surface area (Å²) in [6.45, 7) is 6.18. The van der Waals surface area contributed by atoms with E-state index < -0.39 is 5.97 Å². The molecule has 1 heterocycles. The van der Waals surface area contributed by atoms with Gasteiger partial charge in [0.25, 0.3) is 0 Å². The number of hydrogen-bond donors (Lipinski definition) is 0. The lowest BCUT2D eigenvalue weighted by molar-refractivity contribution is 0.0478. The number of anilines is 1. The molecular formula is C28H26Cl2N2O4. The number of carbonyl (C=O) groups excluding carboxylic acids is 1. The monoisotopic (exact) mass is 524 g/mol. The summed E-state index contributed by atoms with van der Waals surface area (Å²) in [5, 5.41) is 6.69. The van der Waals surface area contributed by atoms with Crippen LogP contribution in [-0.4, -0.2) is 18.2 Å². The van der Waals surface area contributed by atoms with E-state index in [1.54, 1.807) is 49.5 Å². The van der Waals surface area contributed by atoms with E-state index in [-0.39, 0.29) is 12.5 Å². The molecule has 0 aliphatic rings. The highest BCUT2D eigenvalue weighted by atomic mass is 35.5. The van der Waals surface area contributed by atoms with E-state index >= 15 is 0 Å². The maximum absolute atomic E-state index is 12.4. The Kier molecular flexibility index (Phi) is 7.87. The van der Waals surface area contributed by atoms with Gasteiger partial charge in [-0.15, -0.1) is 0 Å². The van der Waals surface area contributed by atoms with Crippen LogP contribution in [0.15, 0.2) is 71.3 Å². The van der Waals surface area contributed by atoms with Gasteiger partial charge in [-0.25, -0.2) is 9.86 Å². The van der Waals surface area contributed by atoms with Gasteiger partial charge in [0.15, 0.2) is 0 Å². The van der Waals surface area contributed by atoms with Crippen molar-refractivity contribution >= 4 is 34.9 Å². The normalized spacial score (nSPS) is 11.0. The van der Waals surface area contributed by atoms with E-state index in [0.717, 1.165) is 16.8 Å². The average molecular weight is 525 g/mol. The molecule has 0 aliphatic heterocycles. The van der Waals surface area contributed by atoms with Gasteiger partial charge in [0, 0.05) is 18.5 Å². The molecule has 0 bridgehead atoms. The van der Waals surface area contributed by atoms with Gasteiger partial charge < -0.3 is 14.1 Å². The Balaban J connectivity index is 1.53. The van der Waals surface area contributed by atoms with Crippen molar-refractivity contribution in [3.8, 4) is 17.0 Å². The van der Waals surface area contributed by atoms with Crippen molar-refractivity contribution in [1.29, 1.82) is 0 Å². The molecule has 1 aromatic heterocycles. The number of ether oxygens (including phenoxy) is 1. The second-order valence-electron chi connectivity index (χ2n) is 8.60. The third-order valence-corrected chi connectivity index (χ3v) is 6.29. The summed E-state index contributed by atoms with van der Waals surface area (Å²) in [5.74, 6) is 1.01. The molecule has 0 spiro atoms. The average Bonchev–Trinajstić information content (AvgIpc) is 3.27. The van der Waals surface area contributed by atoms with E-state index in [1.807, 2.05) is 45.0 Å². The fourth-order valence-corrected chi connectivity index (χ4v) is 4.44. The van der Waals surface area contributed by atoms with Crippen LogP contribution in [-0.2, 0) is 11.4 Å². The van der Waals surface area contributed by atoms with Crippen molar-refractivity contribution in [2.75, 3.05) is 12.1 Å². The summed E-state index contributed by atoms with van der Waals surface area (Å²) in [6, 6.07) is 19.7. The third kappa shape index (κ3) is 5.50. The lowest BCUT2D eigenvalue weighted by Gasteiger charge is -2.20. The van der Waals surface area contributed by atoms with E-state index in [0.29, 0.717) is 38.4 Å². The van der Waals surface area contributed by atoms with Crippen molar-refractivity contribution in [2.45, 2.75) is 33.3 Å². The molecule has 6 nitrogen and oxygen atoms in total. The van der Waals surface area contributed by atoms with Crippen LogP contribution in [0.2, 0.25) is 10.0 Å². The Morgan fingerprint density at radius 1 is 1.03 bits per heavy atom. The summed E-state index contributed by atoms with van der Waals surface area (Å²) in [6.07, 6.45) is 0. The Bertz CT molecular complexity index is 1350. The molecule has 0 saturated carbocycles. The first-order chi connectivity index (χ1) is 17.3. The minimum absolute atomic E-state index is 0.0863. The van der Waals surface area contributed by atoms with Gasteiger partial charge in [0.2, 0.25) is 0 Å². The number of aromatic nitrogens is 1. The van der Waals surface area contributed by atoms with Crippen molar-refractivity contribution in [3.63, 3.8) is 0 Å². The molecule has 4 aromatic rings. The zero-order valence-corrected chi connectivity index (χ0v) is 21.9. The second kappa shape index (κ2) is 11.1. The van der Waals surface area contributed by atoms with Crippen molar-refractivity contribution in [1.82, 2.24) is 5.16 Å². The van der Waals surface area contributed by atoms with E-state index in [9.17, 15) is 4.79 Å². The van der Waals surface area contributed by atoms with Crippen LogP contribution in [0.3, 0.4) is 0 Å². The molecule has 0 saturated heterocycles. The molecule has 0 unspecified atom stereocenters. The highest BCUT2D eigenvalue weighted by Gasteiger charge is 2.24. The van der Waals surface area contributed by atoms with Crippen LogP contribution in [0.1, 0.15) is 47.0 Å². The van der Waals surface area contributed by atoms with E-state index in [4.69, 9.17) is 37.3 Å². The molecular weight excluding hydrogens is 499 g/mol. The predicted molar refractivity (Wildman–Crippen MR) is 142 cm³/mol.